The summed E-state index contributed by atoms with van der Waals surface area (Å²) in [7, 11) is 0. The molecular formula is C16H17NO7. The monoisotopic (exact) mass is 335 g/mol. The van der Waals surface area contributed by atoms with E-state index in [9.17, 15) is 14.9 Å². The maximum Gasteiger partial charge on any atom is 0.514 e. The van der Waals surface area contributed by atoms with Gasteiger partial charge in [-0.3, -0.25) is 10.1 Å². The van der Waals surface area contributed by atoms with Gasteiger partial charge in [-0.2, -0.15) is 0 Å². The van der Waals surface area contributed by atoms with Gasteiger partial charge in [0.2, 0.25) is 0 Å². The Morgan fingerprint density at radius 1 is 1.25 bits per heavy atom. The number of hydrogen-bond acceptors (Lipinski definition) is 7. The number of ether oxygens (including phenoxy) is 4. The van der Waals surface area contributed by atoms with E-state index in [1.54, 1.807) is 0 Å². The topological polar surface area (TPSA) is 97.1 Å². The van der Waals surface area contributed by atoms with Crippen molar-refractivity contribution < 1.29 is 28.7 Å². The molecule has 1 aliphatic carbocycles. The van der Waals surface area contributed by atoms with Crippen LogP contribution < -0.4 is 4.74 Å². The number of nitro benzene ring substituents is 1. The van der Waals surface area contributed by atoms with Crippen LogP contribution in [0.15, 0.2) is 24.3 Å². The zero-order valence-corrected chi connectivity index (χ0v) is 12.8. The van der Waals surface area contributed by atoms with Crippen molar-refractivity contribution >= 4 is 11.8 Å². The number of rotatable bonds is 3. The van der Waals surface area contributed by atoms with Gasteiger partial charge in [-0.05, 0) is 30.9 Å². The Hall–Kier alpha value is -2.19. The molecule has 2 heterocycles. The van der Waals surface area contributed by atoms with Crippen molar-refractivity contribution in [3.63, 3.8) is 0 Å². The molecule has 0 bridgehead atoms. The van der Waals surface area contributed by atoms with E-state index in [0.29, 0.717) is 19.1 Å². The van der Waals surface area contributed by atoms with E-state index in [4.69, 9.17) is 18.9 Å². The molecule has 1 unspecified atom stereocenters. The third kappa shape index (κ3) is 2.71. The summed E-state index contributed by atoms with van der Waals surface area (Å²) in [6.07, 6.45) is 0.452. The minimum absolute atomic E-state index is 0.0624. The summed E-state index contributed by atoms with van der Waals surface area (Å²) in [5, 5.41) is 10.6. The summed E-state index contributed by atoms with van der Waals surface area (Å²) in [5.74, 6) is 1.10. The molecule has 5 atom stereocenters. The molecule has 1 aromatic rings. The number of benzene rings is 1. The molecule has 0 radical (unpaired) electrons. The highest BCUT2D eigenvalue weighted by Gasteiger charge is 2.55. The third-order valence-electron chi connectivity index (χ3n) is 5.07. The van der Waals surface area contributed by atoms with Crippen molar-refractivity contribution in [1.29, 1.82) is 0 Å². The first-order chi connectivity index (χ1) is 11.6. The van der Waals surface area contributed by atoms with Crippen LogP contribution in [0.1, 0.15) is 12.8 Å². The molecule has 3 aliphatic rings. The van der Waals surface area contributed by atoms with Gasteiger partial charge in [-0.15, -0.1) is 0 Å². The van der Waals surface area contributed by atoms with Crippen molar-refractivity contribution in [2.75, 3.05) is 13.2 Å². The van der Waals surface area contributed by atoms with Gasteiger partial charge in [-0.25, -0.2) is 4.79 Å². The Labute approximate surface area is 137 Å². The third-order valence-corrected chi connectivity index (χ3v) is 5.07. The van der Waals surface area contributed by atoms with Crippen LogP contribution in [0.2, 0.25) is 0 Å². The molecule has 128 valence electrons. The van der Waals surface area contributed by atoms with Gasteiger partial charge < -0.3 is 18.9 Å². The van der Waals surface area contributed by atoms with E-state index in [2.05, 4.69) is 0 Å². The number of nitro groups is 1. The first-order valence-corrected chi connectivity index (χ1v) is 7.98. The molecule has 8 heteroatoms. The minimum Gasteiger partial charge on any atom is -0.430 e. The molecule has 8 nitrogen and oxygen atoms in total. The average molecular weight is 335 g/mol. The fourth-order valence-corrected chi connectivity index (χ4v) is 4.03. The molecule has 0 amide bonds. The second-order valence-electron chi connectivity index (χ2n) is 6.36. The number of nitrogens with zero attached hydrogens (tertiary/aromatic N) is 1. The van der Waals surface area contributed by atoms with Crippen molar-refractivity contribution in [3.8, 4) is 5.75 Å². The highest BCUT2D eigenvalue weighted by atomic mass is 16.7. The predicted molar refractivity (Wildman–Crippen MR) is 79.4 cm³/mol. The second kappa shape index (κ2) is 6.03. The number of hydrogen-bond donors (Lipinski definition) is 0. The van der Waals surface area contributed by atoms with Crippen LogP contribution in [0.25, 0.3) is 0 Å². The molecule has 3 fully saturated rings. The van der Waals surface area contributed by atoms with Gasteiger partial charge in [0, 0.05) is 24.0 Å². The van der Waals surface area contributed by atoms with E-state index in [1.807, 2.05) is 0 Å². The van der Waals surface area contributed by atoms with Crippen LogP contribution in [-0.2, 0) is 14.2 Å². The van der Waals surface area contributed by atoms with E-state index in [0.717, 1.165) is 12.8 Å². The van der Waals surface area contributed by atoms with Gasteiger partial charge in [0.25, 0.3) is 5.69 Å². The molecule has 0 N–H and O–H groups in total. The van der Waals surface area contributed by atoms with E-state index in [-0.39, 0.29) is 35.7 Å². The molecule has 2 aliphatic heterocycles. The lowest BCUT2D eigenvalue weighted by Gasteiger charge is -2.32. The van der Waals surface area contributed by atoms with E-state index in [1.165, 1.54) is 24.3 Å². The first-order valence-electron chi connectivity index (χ1n) is 7.98. The first kappa shape index (κ1) is 15.3. The standard InChI is InChI=1S/C16H17NO7/c18-16(23-11-3-1-10(2-4-11)17(19)20)24-13-7-9-8-22-15-14(9)12(13)5-6-21-15/h1-4,9,12-15H,5-8H2/t9-,12?,13-,14+,15+/m0/s1. The number of non-ortho nitro benzene ring substituents is 1. The van der Waals surface area contributed by atoms with Crippen LogP contribution in [0.4, 0.5) is 10.5 Å². The van der Waals surface area contributed by atoms with Crippen LogP contribution in [0, 0.1) is 27.9 Å². The molecule has 2 saturated heterocycles. The summed E-state index contributed by atoms with van der Waals surface area (Å²) in [4.78, 5) is 22.1. The molecule has 1 aromatic carbocycles. The van der Waals surface area contributed by atoms with Crippen LogP contribution in [-0.4, -0.2) is 36.7 Å². The largest absolute Gasteiger partial charge is 0.514 e. The fourth-order valence-electron chi connectivity index (χ4n) is 4.03. The summed E-state index contributed by atoms with van der Waals surface area (Å²) in [6.45, 7) is 1.25. The van der Waals surface area contributed by atoms with Crippen molar-refractivity contribution in [2.45, 2.75) is 25.2 Å². The Morgan fingerprint density at radius 2 is 2.04 bits per heavy atom. The van der Waals surface area contributed by atoms with Crippen LogP contribution in [0.5, 0.6) is 5.75 Å². The number of carbonyl (C=O) groups is 1. The fraction of sp³-hybridized carbons (Fsp3) is 0.562. The van der Waals surface area contributed by atoms with Crippen molar-refractivity contribution in [1.82, 2.24) is 0 Å². The zero-order valence-electron chi connectivity index (χ0n) is 12.8. The number of carbonyl (C=O) groups excluding carboxylic acids is 1. The molecule has 24 heavy (non-hydrogen) atoms. The molecule has 1 saturated carbocycles. The van der Waals surface area contributed by atoms with E-state index < -0.39 is 11.1 Å². The molecule has 0 aromatic heterocycles. The normalized spacial score (nSPS) is 33.8. The minimum atomic E-state index is -0.780. The van der Waals surface area contributed by atoms with E-state index >= 15 is 0 Å². The SMILES string of the molecule is O=C(Oc1ccc([N+](=O)[O-])cc1)O[C@H]1C[C@H]2CO[C@H]3OCCC1[C@@H]23. The summed E-state index contributed by atoms with van der Waals surface area (Å²) in [5.41, 5.74) is -0.0624. The summed E-state index contributed by atoms with van der Waals surface area (Å²) >= 11 is 0. The molecular weight excluding hydrogens is 318 g/mol. The lowest BCUT2D eigenvalue weighted by atomic mass is 9.87. The highest BCUT2D eigenvalue weighted by molar-refractivity contribution is 5.64. The smallest absolute Gasteiger partial charge is 0.430 e. The van der Waals surface area contributed by atoms with Gasteiger partial charge in [0.05, 0.1) is 18.1 Å². The molecule has 4 rings (SSSR count). The quantitative estimate of drug-likeness (QED) is 0.362. The van der Waals surface area contributed by atoms with Gasteiger partial charge in [0.15, 0.2) is 6.29 Å². The Bertz CT molecular complexity index is 644. The van der Waals surface area contributed by atoms with Gasteiger partial charge >= 0.3 is 6.16 Å². The van der Waals surface area contributed by atoms with Crippen molar-refractivity contribution in [3.05, 3.63) is 34.4 Å². The summed E-state index contributed by atoms with van der Waals surface area (Å²) in [6, 6.07) is 5.31. The average Bonchev–Trinajstić information content (AvgIpc) is 3.13. The van der Waals surface area contributed by atoms with Crippen LogP contribution >= 0.6 is 0 Å². The van der Waals surface area contributed by atoms with Crippen molar-refractivity contribution in [2.24, 2.45) is 17.8 Å². The Morgan fingerprint density at radius 3 is 2.79 bits per heavy atom. The Balaban J connectivity index is 1.37. The second-order valence-corrected chi connectivity index (χ2v) is 6.36. The highest BCUT2D eigenvalue weighted by Crippen LogP contribution is 2.50. The maximum absolute atomic E-state index is 12.0. The Kier molecular flexibility index (Phi) is 3.85. The lowest BCUT2D eigenvalue weighted by Crippen LogP contribution is -2.37. The van der Waals surface area contributed by atoms with Crippen LogP contribution in [0.3, 0.4) is 0 Å². The van der Waals surface area contributed by atoms with Gasteiger partial charge in [0.1, 0.15) is 11.9 Å². The zero-order chi connectivity index (χ0) is 16.7. The van der Waals surface area contributed by atoms with Gasteiger partial charge in [-0.1, -0.05) is 0 Å². The molecule has 0 spiro atoms. The maximum atomic E-state index is 12.0. The summed E-state index contributed by atoms with van der Waals surface area (Å²) < 4.78 is 21.9. The predicted octanol–water partition coefficient (Wildman–Crippen LogP) is 2.51. The lowest BCUT2D eigenvalue weighted by molar-refractivity contribution is -0.384.